The number of hydrogen-bond acceptors (Lipinski definition) is 5. The molecule has 0 saturated carbocycles. The number of nitrogens with one attached hydrogen (secondary N) is 1. The van der Waals surface area contributed by atoms with Gasteiger partial charge in [0, 0.05) is 22.5 Å². The number of nitrogen functional groups attached to an aromatic ring is 1. The molecule has 7 heteroatoms. The Hall–Kier alpha value is -1.79. The number of amides is 1. The van der Waals surface area contributed by atoms with Crippen LogP contribution in [0.25, 0.3) is 0 Å². The Kier molecular flexibility index (Phi) is 5.26. The van der Waals surface area contributed by atoms with E-state index in [-0.39, 0.29) is 11.2 Å². The Morgan fingerprint density at radius 1 is 1.32 bits per heavy atom. The van der Waals surface area contributed by atoms with Crippen LogP contribution in [0.2, 0.25) is 5.02 Å². The van der Waals surface area contributed by atoms with E-state index in [9.17, 15) is 4.79 Å². The van der Waals surface area contributed by atoms with Gasteiger partial charge in [-0.05, 0) is 38.5 Å². The molecule has 1 aromatic heterocycles. The molecule has 1 amide bonds. The summed E-state index contributed by atoms with van der Waals surface area (Å²) in [6.45, 7) is 5.54. The molecule has 1 aromatic carbocycles. The van der Waals surface area contributed by atoms with Crippen LogP contribution in [0.1, 0.15) is 18.2 Å². The van der Waals surface area contributed by atoms with Crippen molar-refractivity contribution >= 4 is 40.8 Å². The van der Waals surface area contributed by atoms with E-state index in [0.29, 0.717) is 21.7 Å². The number of carbonyl (C=O) groups excluding carboxylic acids is 1. The molecule has 0 fully saturated rings. The van der Waals surface area contributed by atoms with Crippen LogP contribution in [0.4, 0.5) is 11.5 Å². The molecule has 0 aliphatic heterocycles. The first-order chi connectivity index (χ1) is 10.3. The molecule has 3 N–H and O–H groups in total. The fraction of sp³-hybridized carbons (Fsp3) is 0.267. The minimum atomic E-state index is -0.361. The average molecular weight is 337 g/mol. The van der Waals surface area contributed by atoms with E-state index in [4.69, 9.17) is 17.3 Å². The van der Waals surface area contributed by atoms with Crippen molar-refractivity contribution in [1.29, 1.82) is 0 Å². The van der Waals surface area contributed by atoms with Crippen molar-refractivity contribution in [3.05, 3.63) is 40.5 Å². The number of aromatic nitrogens is 2. The Morgan fingerprint density at radius 3 is 2.73 bits per heavy atom. The van der Waals surface area contributed by atoms with Crippen molar-refractivity contribution in [2.24, 2.45) is 0 Å². The predicted molar refractivity (Wildman–Crippen MR) is 91.3 cm³/mol. The third-order valence-corrected chi connectivity index (χ3v) is 4.16. The number of benzene rings is 1. The highest BCUT2D eigenvalue weighted by Gasteiger charge is 2.17. The number of hydrogen-bond donors (Lipinski definition) is 2. The summed E-state index contributed by atoms with van der Waals surface area (Å²) >= 11 is 7.22. The van der Waals surface area contributed by atoms with Crippen molar-refractivity contribution in [2.75, 3.05) is 11.1 Å². The van der Waals surface area contributed by atoms with Gasteiger partial charge in [0.15, 0.2) is 5.16 Å². The summed E-state index contributed by atoms with van der Waals surface area (Å²) in [5.74, 6) is 0.257. The number of anilines is 2. The molecule has 1 heterocycles. The first-order valence-electron chi connectivity index (χ1n) is 6.70. The van der Waals surface area contributed by atoms with Gasteiger partial charge in [0.1, 0.15) is 5.82 Å². The zero-order chi connectivity index (χ0) is 16.3. The lowest BCUT2D eigenvalue weighted by molar-refractivity contribution is -0.115. The number of halogens is 1. The van der Waals surface area contributed by atoms with E-state index in [2.05, 4.69) is 15.3 Å². The highest BCUT2D eigenvalue weighted by Crippen LogP contribution is 2.24. The number of nitrogens with zero attached hydrogens (tertiary/aromatic N) is 2. The van der Waals surface area contributed by atoms with Crippen molar-refractivity contribution in [3.63, 3.8) is 0 Å². The van der Waals surface area contributed by atoms with Gasteiger partial charge in [0.2, 0.25) is 5.91 Å². The molecule has 0 saturated heterocycles. The van der Waals surface area contributed by atoms with Gasteiger partial charge in [-0.15, -0.1) is 0 Å². The minimum Gasteiger partial charge on any atom is -0.384 e. The van der Waals surface area contributed by atoms with Crippen molar-refractivity contribution in [1.82, 2.24) is 9.97 Å². The highest BCUT2D eigenvalue weighted by molar-refractivity contribution is 8.00. The molecule has 2 aromatic rings. The van der Waals surface area contributed by atoms with E-state index in [1.807, 2.05) is 19.9 Å². The SMILES string of the molecule is Cc1cc(N)nc(S[C@@H](C)C(=O)Nc2cc(Cl)ccc2C)n1. The molecule has 0 bridgehead atoms. The summed E-state index contributed by atoms with van der Waals surface area (Å²) in [6, 6.07) is 7.06. The zero-order valence-corrected chi connectivity index (χ0v) is 14.1. The number of rotatable bonds is 4. The normalized spacial score (nSPS) is 12.0. The molecule has 0 spiro atoms. The van der Waals surface area contributed by atoms with Crippen LogP contribution in [-0.2, 0) is 4.79 Å². The highest BCUT2D eigenvalue weighted by atomic mass is 35.5. The third-order valence-electron chi connectivity index (χ3n) is 2.96. The van der Waals surface area contributed by atoms with E-state index >= 15 is 0 Å². The molecule has 116 valence electrons. The molecule has 5 nitrogen and oxygen atoms in total. The second kappa shape index (κ2) is 6.98. The maximum absolute atomic E-state index is 12.3. The van der Waals surface area contributed by atoms with Crippen LogP contribution in [0.3, 0.4) is 0 Å². The second-order valence-electron chi connectivity index (χ2n) is 4.93. The molecule has 0 aliphatic carbocycles. The van der Waals surface area contributed by atoms with Crippen LogP contribution in [0, 0.1) is 13.8 Å². The molecule has 1 atom stereocenters. The fourth-order valence-electron chi connectivity index (χ4n) is 1.79. The van der Waals surface area contributed by atoms with Crippen LogP contribution in [-0.4, -0.2) is 21.1 Å². The summed E-state index contributed by atoms with van der Waals surface area (Å²) in [5, 5.41) is 3.58. The van der Waals surface area contributed by atoms with Gasteiger partial charge in [-0.1, -0.05) is 29.4 Å². The van der Waals surface area contributed by atoms with E-state index < -0.39 is 0 Å². The second-order valence-corrected chi connectivity index (χ2v) is 6.67. The standard InChI is InChI=1S/C15H17ClN4OS/c1-8-4-5-11(16)7-12(8)19-14(21)10(3)22-15-18-9(2)6-13(17)20-15/h4-7,10H,1-3H3,(H,19,21)(H2,17,18,20)/t10-/m0/s1. The Morgan fingerprint density at radius 2 is 2.05 bits per heavy atom. The Bertz CT molecular complexity index is 688. The molecular weight excluding hydrogens is 320 g/mol. The molecule has 0 unspecified atom stereocenters. The van der Waals surface area contributed by atoms with Gasteiger partial charge < -0.3 is 11.1 Å². The molecule has 2 rings (SSSR count). The van der Waals surface area contributed by atoms with Crippen LogP contribution in [0.5, 0.6) is 0 Å². The third kappa shape index (κ3) is 4.35. The number of nitrogens with two attached hydrogens (primary N) is 1. The smallest absolute Gasteiger partial charge is 0.237 e. The lowest BCUT2D eigenvalue weighted by Gasteiger charge is -2.13. The lowest BCUT2D eigenvalue weighted by atomic mass is 10.2. The maximum Gasteiger partial charge on any atom is 0.237 e. The lowest BCUT2D eigenvalue weighted by Crippen LogP contribution is -2.23. The Balaban J connectivity index is 2.07. The quantitative estimate of drug-likeness (QED) is 0.660. The monoisotopic (exact) mass is 336 g/mol. The van der Waals surface area contributed by atoms with Crippen LogP contribution < -0.4 is 11.1 Å². The number of thioether (sulfide) groups is 1. The van der Waals surface area contributed by atoms with Gasteiger partial charge in [-0.2, -0.15) is 0 Å². The number of aryl methyl sites for hydroxylation is 2. The van der Waals surface area contributed by atoms with Gasteiger partial charge in [-0.25, -0.2) is 9.97 Å². The summed E-state index contributed by atoms with van der Waals surface area (Å²) < 4.78 is 0. The zero-order valence-electron chi connectivity index (χ0n) is 12.6. The van der Waals surface area contributed by atoms with Gasteiger partial charge in [0.25, 0.3) is 0 Å². The maximum atomic E-state index is 12.3. The minimum absolute atomic E-state index is 0.140. The average Bonchev–Trinajstić information content (AvgIpc) is 2.41. The van der Waals surface area contributed by atoms with Crippen molar-refractivity contribution < 1.29 is 4.79 Å². The number of carbonyl (C=O) groups is 1. The summed E-state index contributed by atoms with van der Waals surface area (Å²) in [4.78, 5) is 20.7. The van der Waals surface area contributed by atoms with E-state index in [0.717, 1.165) is 11.3 Å². The summed E-state index contributed by atoms with van der Waals surface area (Å²) in [7, 11) is 0. The van der Waals surface area contributed by atoms with Crippen LogP contribution in [0.15, 0.2) is 29.4 Å². The van der Waals surface area contributed by atoms with Crippen LogP contribution >= 0.6 is 23.4 Å². The molecule has 0 aliphatic rings. The van der Waals surface area contributed by atoms with Crippen molar-refractivity contribution in [3.8, 4) is 0 Å². The topological polar surface area (TPSA) is 80.9 Å². The summed E-state index contributed by atoms with van der Waals surface area (Å²) in [6.07, 6.45) is 0. The predicted octanol–water partition coefficient (Wildman–Crippen LogP) is 3.45. The van der Waals surface area contributed by atoms with Gasteiger partial charge in [0.05, 0.1) is 5.25 Å². The van der Waals surface area contributed by atoms with E-state index in [1.165, 1.54) is 11.8 Å². The first-order valence-corrected chi connectivity index (χ1v) is 7.96. The fourth-order valence-corrected chi connectivity index (χ4v) is 2.80. The first kappa shape index (κ1) is 16.6. The molecular formula is C15H17ClN4OS. The van der Waals surface area contributed by atoms with E-state index in [1.54, 1.807) is 25.1 Å². The van der Waals surface area contributed by atoms with Crippen molar-refractivity contribution in [2.45, 2.75) is 31.2 Å². The van der Waals surface area contributed by atoms with Gasteiger partial charge >= 0.3 is 0 Å². The Labute approximate surface area is 138 Å². The largest absolute Gasteiger partial charge is 0.384 e. The molecule has 0 radical (unpaired) electrons. The summed E-state index contributed by atoms with van der Waals surface area (Å²) in [5.41, 5.74) is 8.12. The van der Waals surface area contributed by atoms with Gasteiger partial charge in [-0.3, -0.25) is 4.79 Å². The molecule has 22 heavy (non-hydrogen) atoms.